The molecule has 138 valence electrons. The van der Waals surface area contributed by atoms with Crippen LogP contribution in [-0.2, 0) is 9.59 Å². The maximum atomic E-state index is 13.2. The van der Waals surface area contributed by atoms with E-state index in [0.29, 0.717) is 0 Å². The Balaban J connectivity index is 2.16. The minimum atomic E-state index is -0.426. The number of rotatable bonds is 5. The highest BCUT2D eigenvalue weighted by molar-refractivity contribution is 5.85. The number of benzene rings is 1. The monoisotopic (exact) mass is 345 g/mol. The van der Waals surface area contributed by atoms with E-state index in [1.165, 1.54) is 6.42 Å². The molecule has 1 aliphatic heterocycles. The standard InChI is InChI=1S/C20H31N3O2/c1-20(2,3)21-17(24)15-22(4)18(16-11-7-5-8-12-16)19(25)23-13-9-6-10-14-23/h5,7-8,11-12,18H,6,9-10,13-15H2,1-4H3,(H,21,24)/t18-/m0/s1. The lowest BCUT2D eigenvalue weighted by atomic mass is 10.0. The van der Waals surface area contributed by atoms with E-state index < -0.39 is 6.04 Å². The molecule has 0 aromatic heterocycles. The van der Waals surface area contributed by atoms with Gasteiger partial charge in [-0.25, -0.2) is 0 Å². The number of piperidine rings is 1. The first-order valence-corrected chi connectivity index (χ1v) is 9.13. The molecule has 1 aliphatic rings. The summed E-state index contributed by atoms with van der Waals surface area (Å²) < 4.78 is 0. The van der Waals surface area contributed by atoms with Crippen molar-refractivity contribution in [2.75, 3.05) is 26.7 Å². The average Bonchev–Trinajstić information content (AvgIpc) is 2.55. The lowest BCUT2D eigenvalue weighted by Crippen LogP contribution is -2.49. The zero-order valence-electron chi connectivity index (χ0n) is 15.9. The molecule has 0 saturated carbocycles. The smallest absolute Gasteiger partial charge is 0.244 e. The van der Waals surface area contributed by atoms with Crippen molar-refractivity contribution < 1.29 is 9.59 Å². The van der Waals surface area contributed by atoms with Crippen LogP contribution < -0.4 is 5.32 Å². The number of likely N-dealkylation sites (tertiary alicyclic amines) is 1. The lowest BCUT2D eigenvalue weighted by Gasteiger charge is -2.35. The van der Waals surface area contributed by atoms with Gasteiger partial charge in [0.2, 0.25) is 11.8 Å². The lowest BCUT2D eigenvalue weighted by molar-refractivity contribution is -0.138. The predicted molar refractivity (Wildman–Crippen MR) is 100 cm³/mol. The van der Waals surface area contributed by atoms with Crippen LogP contribution in [0.25, 0.3) is 0 Å². The highest BCUT2D eigenvalue weighted by Gasteiger charge is 2.31. The van der Waals surface area contributed by atoms with Crippen molar-refractivity contribution in [3.8, 4) is 0 Å². The van der Waals surface area contributed by atoms with E-state index in [1.54, 1.807) is 0 Å². The highest BCUT2D eigenvalue weighted by atomic mass is 16.2. The molecule has 1 fully saturated rings. The van der Waals surface area contributed by atoms with Gasteiger partial charge in [-0.2, -0.15) is 0 Å². The summed E-state index contributed by atoms with van der Waals surface area (Å²) >= 11 is 0. The summed E-state index contributed by atoms with van der Waals surface area (Å²) in [7, 11) is 1.85. The predicted octanol–water partition coefficient (Wildman–Crippen LogP) is 2.59. The quantitative estimate of drug-likeness (QED) is 0.892. The first kappa shape index (κ1) is 19.4. The fraction of sp³-hybridized carbons (Fsp3) is 0.600. The molecule has 5 heteroatoms. The van der Waals surface area contributed by atoms with Crippen LogP contribution in [0.2, 0.25) is 0 Å². The molecule has 25 heavy (non-hydrogen) atoms. The number of nitrogens with zero attached hydrogens (tertiary/aromatic N) is 2. The van der Waals surface area contributed by atoms with E-state index in [2.05, 4.69) is 5.32 Å². The van der Waals surface area contributed by atoms with Crippen molar-refractivity contribution >= 4 is 11.8 Å². The second-order valence-electron chi connectivity index (χ2n) is 7.91. The van der Waals surface area contributed by atoms with Crippen LogP contribution in [0.15, 0.2) is 30.3 Å². The summed E-state index contributed by atoms with van der Waals surface area (Å²) in [6, 6.07) is 9.32. The van der Waals surface area contributed by atoms with Gasteiger partial charge in [-0.15, -0.1) is 0 Å². The molecule has 0 aliphatic carbocycles. The van der Waals surface area contributed by atoms with Crippen molar-refractivity contribution in [3.63, 3.8) is 0 Å². The topological polar surface area (TPSA) is 52.7 Å². The van der Waals surface area contributed by atoms with Crippen LogP contribution in [0.3, 0.4) is 0 Å². The van der Waals surface area contributed by atoms with Crippen LogP contribution in [0.1, 0.15) is 51.6 Å². The molecule has 0 spiro atoms. The van der Waals surface area contributed by atoms with Gasteiger partial charge in [0.05, 0.1) is 6.54 Å². The van der Waals surface area contributed by atoms with E-state index in [-0.39, 0.29) is 23.9 Å². The van der Waals surface area contributed by atoms with Crippen LogP contribution in [0.4, 0.5) is 0 Å². The molecule has 1 atom stereocenters. The molecule has 2 amide bonds. The van der Waals surface area contributed by atoms with Gasteiger partial charge in [-0.1, -0.05) is 30.3 Å². The minimum Gasteiger partial charge on any atom is -0.350 e. The molecule has 1 aromatic rings. The molecule has 0 unspecified atom stereocenters. The number of hydrogen-bond acceptors (Lipinski definition) is 3. The molecule has 5 nitrogen and oxygen atoms in total. The Hall–Kier alpha value is -1.88. The minimum absolute atomic E-state index is 0.0672. The van der Waals surface area contributed by atoms with E-state index in [1.807, 2.05) is 68.0 Å². The third-order valence-electron chi connectivity index (χ3n) is 4.37. The van der Waals surface area contributed by atoms with Crippen molar-refractivity contribution in [2.45, 2.75) is 51.6 Å². The number of amides is 2. The van der Waals surface area contributed by atoms with E-state index in [9.17, 15) is 9.59 Å². The number of nitrogens with one attached hydrogen (secondary N) is 1. The SMILES string of the molecule is CN(CC(=O)NC(C)(C)C)[C@H](C(=O)N1CCCCC1)c1ccccc1. The van der Waals surface area contributed by atoms with E-state index in [4.69, 9.17) is 0 Å². The van der Waals surface area contributed by atoms with Gasteiger partial charge >= 0.3 is 0 Å². The van der Waals surface area contributed by atoms with Gasteiger partial charge in [0.25, 0.3) is 0 Å². The summed E-state index contributed by atoms with van der Waals surface area (Å²) in [6.07, 6.45) is 3.30. The van der Waals surface area contributed by atoms with Gasteiger partial charge in [-0.3, -0.25) is 14.5 Å². The first-order valence-electron chi connectivity index (χ1n) is 9.13. The van der Waals surface area contributed by atoms with Crippen LogP contribution in [0, 0.1) is 0 Å². The Morgan fingerprint density at radius 3 is 2.28 bits per heavy atom. The highest BCUT2D eigenvalue weighted by Crippen LogP contribution is 2.24. The van der Waals surface area contributed by atoms with Crippen LogP contribution in [0.5, 0.6) is 0 Å². The van der Waals surface area contributed by atoms with Crippen molar-refractivity contribution in [2.24, 2.45) is 0 Å². The van der Waals surface area contributed by atoms with Gasteiger partial charge < -0.3 is 10.2 Å². The third kappa shape index (κ3) is 5.85. The number of likely N-dealkylation sites (N-methyl/N-ethyl adjacent to an activating group) is 1. The van der Waals surface area contributed by atoms with E-state index >= 15 is 0 Å². The summed E-state index contributed by atoms with van der Waals surface area (Å²) in [5.41, 5.74) is 0.654. The second kappa shape index (κ2) is 8.48. The molecular formula is C20H31N3O2. The molecule has 0 bridgehead atoms. The summed E-state index contributed by atoms with van der Waals surface area (Å²) in [5, 5.41) is 2.97. The maximum absolute atomic E-state index is 13.2. The van der Waals surface area contributed by atoms with Gasteiger partial charge in [0, 0.05) is 18.6 Å². The second-order valence-corrected chi connectivity index (χ2v) is 7.91. The van der Waals surface area contributed by atoms with Crippen LogP contribution in [-0.4, -0.2) is 53.8 Å². The molecular weight excluding hydrogens is 314 g/mol. The summed E-state index contributed by atoms with van der Waals surface area (Å²) in [5.74, 6) is 0.0272. The number of carbonyl (C=O) groups excluding carboxylic acids is 2. The number of carbonyl (C=O) groups is 2. The average molecular weight is 345 g/mol. The molecule has 2 rings (SSSR count). The Kier molecular flexibility index (Phi) is 6.59. The first-order chi connectivity index (χ1) is 11.8. The largest absolute Gasteiger partial charge is 0.350 e. The van der Waals surface area contributed by atoms with Crippen molar-refractivity contribution in [1.82, 2.24) is 15.1 Å². The zero-order valence-corrected chi connectivity index (χ0v) is 15.9. The zero-order chi connectivity index (χ0) is 18.4. The van der Waals surface area contributed by atoms with Crippen LogP contribution >= 0.6 is 0 Å². The Bertz CT molecular complexity index is 574. The molecule has 1 saturated heterocycles. The van der Waals surface area contributed by atoms with Crippen molar-refractivity contribution in [1.29, 1.82) is 0 Å². The Morgan fingerprint density at radius 1 is 1.12 bits per heavy atom. The van der Waals surface area contributed by atoms with Gasteiger partial charge in [0.1, 0.15) is 6.04 Å². The fourth-order valence-corrected chi connectivity index (χ4v) is 3.28. The van der Waals surface area contributed by atoms with E-state index in [0.717, 1.165) is 31.5 Å². The number of hydrogen-bond donors (Lipinski definition) is 1. The molecule has 1 N–H and O–H groups in total. The Labute approximate surface area is 151 Å². The fourth-order valence-electron chi connectivity index (χ4n) is 3.28. The maximum Gasteiger partial charge on any atom is 0.244 e. The Morgan fingerprint density at radius 2 is 1.72 bits per heavy atom. The van der Waals surface area contributed by atoms with Gasteiger partial charge in [-0.05, 0) is 52.6 Å². The third-order valence-corrected chi connectivity index (χ3v) is 4.37. The summed E-state index contributed by atoms with van der Waals surface area (Å²) in [6.45, 7) is 7.68. The van der Waals surface area contributed by atoms with Gasteiger partial charge in [0.15, 0.2) is 0 Å². The molecule has 0 radical (unpaired) electrons. The summed E-state index contributed by atoms with van der Waals surface area (Å²) in [4.78, 5) is 29.3. The molecule has 1 aromatic carbocycles. The van der Waals surface area contributed by atoms with Crippen molar-refractivity contribution in [3.05, 3.63) is 35.9 Å². The normalized spacial score (nSPS) is 16.6. The molecule has 1 heterocycles.